The van der Waals surface area contributed by atoms with Crippen LogP contribution in [-0.2, 0) is 6.54 Å². The number of hydrogen-bond acceptors (Lipinski definition) is 6. The molecule has 0 fully saturated rings. The molecule has 5 rings (SSSR count). The summed E-state index contributed by atoms with van der Waals surface area (Å²) in [5.41, 5.74) is 3.47. The number of carbonyl (C=O) groups excluding carboxylic acids is 1. The van der Waals surface area contributed by atoms with Crippen molar-refractivity contribution >= 4 is 28.1 Å². The van der Waals surface area contributed by atoms with Crippen molar-refractivity contribution in [3.8, 4) is 17.0 Å². The Labute approximate surface area is 224 Å². The van der Waals surface area contributed by atoms with Crippen molar-refractivity contribution in [2.75, 3.05) is 12.0 Å². The van der Waals surface area contributed by atoms with Crippen LogP contribution < -0.4 is 15.0 Å². The van der Waals surface area contributed by atoms with E-state index in [2.05, 4.69) is 5.32 Å². The highest BCUT2D eigenvalue weighted by molar-refractivity contribution is 7.14. The third-order valence-electron chi connectivity index (χ3n) is 6.09. The van der Waals surface area contributed by atoms with Gasteiger partial charge in [0.25, 0.3) is 5.91 Å². The van der Waals surface area contributed by atoms with Crippen LogP contribution in [0, 0.1) is 5.82 Å². The number of hydrogen-bond donors (Lipinski definition) is 1. The first-order valence-electron chi connectivity index (χ1n) is 12.1. The number of benzene rings is 3. The molecule has 1 atom stereocenters. The van der Waals surface area contributed by atoms with Crippen molar-refractivity contribution in [1.29, 1.82) is 0 Å². The van der Waals surface area contributed by atoms with E-state index in [0.29, 0.717) is 12.3 Å². The number of amides is 1. The van der Waals surface area contributed by atoms with Crippen LogP contribution >= 0.6 is 11.3 Å². The minimum Gasteiger partial charge on any atom is -0.497 e. The number of nitrogens with one attached hydrogen (secondary N) is 1. The molecule has 0 radical (unpaired) electrons. The molecule has 1 amide bonds. The average Bonchev–Trinajstić information content (AvgIpc) is 3.63. The molecule has 0 aliphatic heterocycles. The molecule has 6 nitrogen and oxygen atoms in total. The van der Waals surface area contributed by atoms with Crippen LogP contribution in [0.5, 0.6) is 5.75 Å². The first-order valence-corrected chi connectivity index (χ1v) is 13.0. The normalized spacial score (nSPS) is 11.7. The highest BCUT2D eigenvalue weighted by Crippen LogP contribution is 2.34. The molecule has 2 aromatic heterocycles. The van der Waals surface area contributed by atoms with Gasteiger partial charge in [-0.15, -0.1) is 11.3 Å². The molecule has 1 N–H and O–H groups in total. The number of nitrogens with zero attached hydrogens (tertiary/aromatic N) is 2. The van der Waals surface area contributed by atoms with Gasteiger partial charge in [0.2, 0.25) is 0 Å². The fourth-order valence-corrected chi connectivity index (χ4v) is 4.86. The zero-order valence-electron chi connectivity index (χ0n) is 20.9. The summed E-state index contributed by atoms with van der Waals surface area (Å²) in [4.78, 5) is 19.7. The van der Waals surface area contributed by atoms with Crippen molar-refractivity contribution in [1.82, 2.24) is 10.3 Å². The third kappa shape index (κ3) is 5.76. The van der Waals surface area contributed by atoms with Gasteiger partial charge in [-0.2, -0.15) is 0 Å². The van der Waals surface area contributed by atoms with Crippen LogP contribution in [0.15, 0.2) is 101 Å². The van der Waals surface area contributed by atoms with Gasteiger partial charge in [-0.1, -0.05) is 30.3 Å². The van der Waals surface area contributed by atoms with Crippen LogP contribution in [0.25, 0.3) is 11.3 Å². The molecular formula is C30H26FN3O3S. The smallest absolute Gasteiger partial charge is 0.287 e. The Kier molecular flexibility index (Phi) is 7.51. The Bertz CT molecular complexity index is 1500. The molecule has 0 aliphatic carbocycles. The van der Waals surface area contributed by atoms with Gasteiger partial charge < -0.3 is 19.4 Å². The largest absolute Gasteiger partial charge is 0.497 e. The molecule has 0 aliphatic rings. The maximum absolute atomic E-state index is 13.4. The molecule has 0 saturated carbocycles. The summed E-state index contributed by atoms with van der Waals surface area (Å²) in [6.45, 7) is 2.29. The predicted molar refractivity (Wildman–Crippen MR) is 147 cm³/mol. The summed E-state index contributed by atoms with van der Waals surface area (Å²) in [5.74, 6) is 1.01. The molecule has 192 valence electrons. The minimum absolute atomic E-state index is 0.159. The molecule has 0 saturated heterocycles. The summed E-state index contributed by atoms with van der Waals surface area (Å²) in [5, 5.41) is 5.65. The van der Waals surface area contributed by atoms with E-state index in [4.69, 9.17) is 14.1 Å². The van der Waals surface area contributed by atoms with Gasteiger partial charge in [0.15, 0.2) is 10.9 Å². The Morgan fingerprint density at radius 1 is 1.03 bits per heavy atom. The summed E-state index contributed by atoms with van der Waals surface area (Å²) >= 11 is 1.47. The number of anilines is 2. The number of methoxy groups -OCH3 is 1. The Balaban J connectivity index is 1.38. The van der Waals surface area contributed by atoms with Crippen LogP contribution in [-0.4, -0.2) is 18.0 Å². The lowest BCUT2D eigenvalue weighted by molar-refractivity contribution is 0.0910. The van der Waals surface area contributed by atoms with Gasteiger partial charge in [-0.25, -0.2) is 9.37 Å². The summed E-state index contributed by atoms with van der Waals surface area (Å²) < 4.78 is 24.7. The molecule has 38 heavy (non-hydrogen) atoms. The average molecular weight is 528 g/mol. The standard InChI is InChI=1S/C30H26FN3O3S/c1-20(21-6-4-3-5-7-21)32-29(35)28-17-16-26(37-28)18-34(24-12-14-25(36-2)15-13-24)30-33-27(19-38-30)22-8-10-23(31)11-9-22/h3-17,19-20H,18H2,1-2H3,(H,32,35)/t20-/m0/s1. The van der Waals surface area contributed by atoms with Crippen LogP contribution in [0.1, 0.15) is 34.8 Å². The van der Waals surface area contributed by atoms with Crippen LogP contribution in [0.3, 0.4) is 0 Å². The van der Waals surface area contributed by atoms with E-state index in [1.54, 1.807) is 31.4 Å². The second kappa shape index (κ2) is 11.3. The van der Waals surface area contributed by atoms with Gasteiger partial charge in [0.1, 0.15) is 17.3 Å². The van der Waals surface area contributed by atoms with E-state index in [1.807, 2.05) is 71.8 Å². The second-order valence-electron chi connectivity index (χ2n) is 8.68. The minimum atomic E-state index is -0.292. The molecule has 3 aromatic carbocycles. The highest BCUT2D eigenvalue weighted by Gasteiger charge is 2.20. The topological polar surface area (TPSA) is 67.6 Å². The first kappa shape index (κ1) is 25.2. The number of ether oxygens (including phenoxy) is 1. The first-order chi connectivity index (χ1) is 18.5. The fourth-order valence-electron chi connectivity index (χ4n) is 4.01. The second-order valence-corrected chi connectivity index (χ2v) is 9.51. The number of thiazole rings is 1. The van der Waals surface area contributed by atoms with E-state index in [0.717, 1.165) is 33.4 Å². The summed E-state index contributed by atoms with van der Waals surface area (Å²) in [6.07, 6.45) is 0. The Morgan fingerprint density at radius 3 is 2.47 bits per heavy atom. The molecular weight excluding hydrogens is 501 g/mol. The molecule has 0 spiro atoms. The van der Waals surface area contributed by atoms with Gasteiger partial charge in [0.05, 0.1) is 25.4 Å². The number of aromatic nitrogens is 1. The molecule has 8 heteroatoms. The van der Waals surface area contributed by atoms with Crippen molar-refractivity contribution in [2.45, 2.75) is 19.5 Å². The quantitative estimate of drug-likeness (QED) is 0.217. The number of furan rings is 1. The Morgan fingerprint density at radius 2 is 1.76 bits per heavy atom. The van der Waals surface area contributed by atoms with E-state index >= 15 is 0 Å². The lowest BCUT2D eigenvalue weighted by Crippen LogP contribution is -2.26. The van der Waals surface area contributed by atoms with Gasteiger partial charge in [-0.3, -0.25) is 4.79 Å². The monoisotopic (exact) mass is 527 g/mol. The zero-order chi connectivity index (χ0) is 26.5. The molecule has 0 bridgehead atoms. The van der Waals surface area contributed by atoms with Gasteiger partial charge in [-0.05, 0) is 73.2 Å². The zero-order valence-corrected chi connectivity index (χ0v) is 21.7. The number of carbonyl (C=O) groups is 1. The predicted octanol–water partition coefficient (Wildman–Crippen LogP) is 7.38. The lowest BCUT2D eigenvalue weighted by Gasteiger charge is -2.21. The SMILES string of the molecule is COc1ccc(N(Cc2ccc(C(=O)N[C@@H](C)c3ccccc3)o2)c2nc(-c3ccc(F)cc3)cs2)cc1. The third-order valence-corrected chi connectivity index (χ3v) is 6.96. The molecule has 2 heterocycles. The highest BCUT2D eigenvalue weighted by atomic mass is 32.1. The summed E-state index contributed by atoms with van der Waals surface area (Å²) in [7, 11) is 1.62. The van der Waals surface area contributed by atoms with Crippen molar-refractivity contribution < 1.29 is 18.3 Å². The maximum Gasteiger partial charge on any atom is 0.287 e. The van der Waals surface area contributed by atoms with E-state index in [-0.39, 0.29) is 23.5 Å². The number of halogens is 1. The van der Waals surface area contributed by atoms with Gasteiger partial charge >= 0.3 is 0 Å². The maximum atomic E-state index is 13.4. The van der Waals surface area contributed by atoms with E-state index in [9.17, 15) is 9.18 Å². The number of rotatable bonds is 9. The van der Waals surface area contributed by atoms with Crippen LogP contribution in [0.2, 0.25) is 0 Å². The van der Waals surface area contributed by atoms with Crippen molar-refractivity contribution in [2.24, 2.45) is 0 Å². The molecule has 0 unspecified atom stereocenters. The summed E-state index contributed by atoms with van der Waals surface area (Å²) in [6, 6.07) is 27.0. The lowest BCUT2D eigenvalue weighted by atomic mass is 10.1. The van der Waals surface area contributed by atoms with Crippen molar-refractivity contribution in [3.05, 3.63) is 119 Å². The van der Waals surface area contributed by atoms with Crippen LogP contribution in [0.4, 0.5) is 15.2 Å². The van der Waals surface area contributed by atoms with E-state index < -0.39 is 0 Å². The molecule has 5 aromatic rings. The van der Waals surface area contributed by atoms with Crippen molar-refractivity contribution in [3.63, 3.8) is 0 Å². The Hall–Kier alpha value is -4.43. The van der Waals surface area contributed by atoms with Gasteiger partial charge in [0, 0.05) is 16.6 Å². The van der Waals surface area contributed by atoms with E-state index in [1.165, 1.54) is 23.5 Å². The fraction of sp³-hybridized carbons (Fsp3) is 0.133.